The highest BCUT2D eigenvalue weighted by molar-refractivity contribution is 6.28. The second kappa shape index (κ2) is 8.99. The fourth-order valence-corrected chi connectivity index (χ4v) is 7.15. The van der Waals surface area contributed by atoms with Gasteiger partial charge < -0.3 is 10.6 Å². The summed E-state index contributed by atoms with van der Waals surface area (Å²) in [6, 6.07) is 3.03. The van der Waals surface area contributed by atoms with Crippen LogP contribution >= 0.6 is 0 Å². The van der Waals surface area contributed by atoms with E-state index >= 15 is 0 Å². The summed E-state index contributed by atoms with van der Waals surface area (Å²) < 4.78 is 89.1. The van der Waals surface area contributed by atoms with E-state index in [0.29, 0.717) is 12.1 Å². The summed E-state index contributed by atoms with van der Waals surface area (Å²) in [5, 5.41) is 4.80. The number of halogens is 6. The minimum absolute atomic E-state index is 0.0811. The van der Waals surface area contributed by atoms with Crippen LogP contribution in [0.4, 0.5) is 26.3 Å². The van der Waals surface area contributed by atoms with Crippen molar-refractivity contribution >= 4 is 40.0 Å². The summed E-state index contributed by atoms with van der Waals surface area (Å²) in [6.45, 7) is -0.610. The van der Waals surface area contributed by atoms with E-state index < -0.39 is 75.7 Å². The van der Waals surface area contributed by atoms with Crippen molar-refractivity contribution in [1.82, 2.24) is 20.4 Å². The number of allylic oxidation sites excluding steroid dienone is 4. The minimum atomic E-state index is -5.07. The highest BCUT2D eigenvalue weighted by Crippen LogP contribution is 2.62. The van der Waals surface area contributed by atoms with Crippen LogP contribution in [0.3, 0.4) is 0 Å². The lowest BCUT2D eigenvalue weighted by atomic mass is 9.58. The number of nitrogens with zero attached hydrogens (tertiary/aromatic N) is 2. The predicted molar refractivity (Wildman–Crippen MR) is 143 cm³/mol. The van der Waals surface area contributed by atoms with E-state index in [0.717, 1.165) is 9.80 Å². The zero-order valence-electron chi connectivity index (χ0n) is 22.8. The fourth-order valence-electron chi connectivity index (χ4n) is 7.15. The first kappa shape index (κ1) is 28.2. The molecule has 2 heterocycles. The minimum Gasteiger partial charge on any atom is -0.302 e. The standard InChI is InChI=1S/C30H20F6N4O4/c1-37-9-39-25(41)13-5-3-11-22-18(30(34,35)36)8-16-20-14(26(42)40(10-38-2)28(16)44)6-4-12(24(20)22)21-17(29(31,32)33)7-15(27(39)43)19(13)23(11)21/h3-8,21,23,37-38H,9-10H2,1-2H3. The molecule has 226 valence electrons. The van der Waals surface area contributed by atoms with Gasteiger partial charge in [-0.05, 0) is 66.0 Å². The molecule has 14 heteroatoms. The van der Waals surface area contributed by atoms with Crippen molar-refractivity contribution < 1.29 is 45.5 Å². The molecule has 2 unspecified atom stereocenters. The molecule has 3 aliphatic carbocycles. The molecule has 5 aliphatic rings. The molecule has 2 aromatic rings. The van der Waals surface area contributed by atoms with E-state index in [9.17, 15) is 45.5 Å². The van der Waals surface area contributed by atoms with Gasteiger partial charge in [-0.25, -0.2) is 0 Å². The van der Waals surface area contributed by atoms with Crippen LogP contribution in [0.15, 0.2) is 58.7 Å². The van der Waals surface area contributed by atoms with E-state index in [2.05, 4.69) is 10.6 Å². The monoisotopic (exact) mass is 614 g/mol. The zero-order valence-corrected chi connectivity index (χ0v) is 22.8. The van der Waals surface area contributed by atoms with Crippen molar-refractivity contribution in [3.05, 3.63) is 86.5 Å². The van der Waals surface area contributed by atoms with Crippen LogP contribution in [0.2, 0.25) is 0 Å². The first-order valence-corrected chi connectivity index (χ1v) is 13.4. The molecule has 2 aromatic carbocycles. The summed E-state index contributed by atoms with van der Waals surface area (Å²) in [6.07, 6.45) is -7.05. The summed E-state index contributed by atoms with van der Waals surface area (Å²) in [5.41, 5.74) is -4.53. The van der Waals surface area contributed by atoms with Crippen molar-refractivity contribution in [2.75, 3.05) is 27.4 Å². The number of rotatable bonds is 4. The molecule has 0 bridgehead atoms. The molecule has 2 N–H and O–H groups in total. The second-order valence-corrected chi connectivity index (χ2v) is 11.0. The molecule has 0 saturated heterocycles. The Balaban J connectivity index is 1.64. The van der Waals surface area contributed by atoms with Gasteiger partial charge in [-0.1, -0.05) is 12.1 Å². The average Bonchev–Trinajstić information content (AvgIpc) is 2.96. The van der Waals surface area contributed by atoms with E-state index in [1.165, 1.54) is 38.4 Å². The number of amides is 4. The summed E-state index contributed by atoms with van der Waals surface area (Å²) in [5.74, 6) is -6.79. The molecule has 0 fully saturated rings. The Hall–Kier alpha value is -4.56. The third-order valence-electron chi connectivity index (χ3n) is 8.73. The van der Waals surface area contributed by atoms with Crippen LogP contribution in [0.1, 0.15) is 43.3 Å². The van der Waals surface area contributed by atoms with Crippen LogP contribution < -0.4 is 10.6 Å². The lowest BCUT2D eigenvalue weighted by Gasteiger charge is -2.47. The Morgan fingerprint density at radius 2 is 1.39 bits per heavy atom. The number of fused-ring (bicyclic) bond motifs is 2. The van der Waals surface area contributed by atoms with Crippen LogP contribution in [0.5, 0.6) is 0 Å². The number of imide groups is 2. The number of benzene rings is 2. The van der Waals surface area contributed by atoms with Gasteiger partial charge in [0.2, 0.25) is 0 Å². The molecule has 0 radical (unpaired) electrons. The lowest BCUT2D eigenvalue weighted by molar-refractivity contribution is -0.141. The molecule has 2 atom stereocenters. The molecule has 0 saturated carbocycles. The van der Waals surface area contributed by atoms with Crippen molar-refractivity contribution in [3.8, 4) is 0 Å². The summed E-state index contributed by atoms with van der Waals surface area (Å²) in [4.78, 5) is 55.0. The molecule has 4 amide bonds. The fraction of sp³-hybridized carbons (Fsp3) is 0.267. The second-order valence-electron chi connectivity index (χ2n) is 11.0. The predicted octanol–water partition coefficient (Wildman–Crippen LogP) is 4.01. The van der Waals surface area contributed by atoms with Gasteiger partial charge in [0.05, 0.1) is 18.9 Å². The lowest BCUT2D eigenvalue weighted by Crippen LogP contribution is -2.50. The molecule has 7 rings (SSSR count). The Morgan fingerprint density at radius 3 is 2.00 bits per heavy atom. The van der Waals surface area contributed by atoms with Gasteiger partial charge >= 0.3 is 12.4 Å². The quantitative estimate of drug-likeness (QED) is 0.399. The third-order valence-corrected chi connectivity index (χ3v) is 8.73. The third kappa shape index (κ3) is 3.48. The molecule has 8 nitrogen and oxygen atoms in total. The van der Waals surface area contributed by atoms with Gasteiger partial charge in [-0.2, -0.15) is 26.3 Å². The van der Waals surface area contributed by atoms with Gasteiger partial charge in [0.15, 0.2) is 0 Å². The van der Waals surface area contributed by atoms with Gasteiger partial charge in [-0.15, -0.1) is 0 Å². The molecule has 0 spiro atoms. The summed E-state index contributed by atoms with van der Waals surface area (Å²) in [7, 11) is 2.87. The Labute approximate surface area is 244 Å². The maximum atomic E-state index is 14.9. The van der Waals surface area contributed by atoms with Crippen molar-refractivity contribution in [3.63, 3.8) is 0 Å². The molecular formula is C30H20F6N4O4. The SMILES string of the molecule is CNCN1C(=O)C2=CC=C3c4c(C(F)(F)F)cc5c6c(ccc(c46)C4C(C(F)(F)F)=CC(=C2C34)C1=O)C(=O)N(CNC)C5=O. The van der Waals surface area contributed by atoms with Crippen LogP contribution in [0, 0.1) is 5.92 Å². The normalized spacial score (nSPS) is 22.4. The Bertz CT molecular complexity index is 1920. The largest absolute Gasteiger partial charge is 0.417 e. The van der Waals surface area contributed by atoms with Gasteiger partial charge in [0.1, 0.15) is 0 Å². The Morgan fingerprint density at radius 1 is 0.750 bits per heavy atom. The van der Waals surface area contributed by atoms with Crippen molar-refractivity contribution in [2.45, 2.75) is 18.3 Å². The van der Waals surface area contributed by atoms with Gasteiger partial charge in [0, 0.05) is 45.1 Å². The number of hydrogen-bond donors (Lipinski definition) is 2. The van der Waals surface area contributed by atoms with Crippen LogP contribution in [0.25, 0.3) is 16.3 Å². The van der Waals surface area contributed by atoms with E-state index in [-0.39, 0.29) is 52.0 Å². The molecule has 44 heavy (non-hydrogen) atoms. The Kier molecular flexibility index (Phi) is 5.76. The van der Waals surface area contributed by atoms with Crippen molar-refractivity contribution in [2.24, 2.45) is 5.92 Å². The molecule has 0 aromatic heterocycles. The molecule has 2 aliphatic heterocycles. The summed E-state index contributed by atoms with van der Waals surface area (Å²) >= 11 is 0. The van der Waals surface area contributed by atoms with Crippen molar-refractivity contribution in [1.29, 1.82) is 0 Å². The first-order valence-electron chi connectivity index (χ1n) is 13.4. The van der Waals surface area contributed by atoms with E-state index in [1.54, 1.807) is 0 Å². The zero-order chi connectivity index (χ0) is 31.6. The molecular weight excluding hydrogens is 594 g/mol. The number of carbonyl (C=O) groups excluding carboxylic acids is 4. The maximum Gasteiger partial charge on any atom is 0.417 e. The number of hydrogen-bond acceptors (Lipinski definition) is 6. The van der Waals surface area contributed by atoms with Gasteiger partial charge in [0.25, 0.3) is 23.6 Å². The number of nitrogens with one attached hydrogen (secondary N) is 2. The smallest absolute Gasteiger partial charge is 0.302 e. The number of alkyl halides is 6. The average molecular weight is 615 g/mol. The van der Waals surface area contributed by atoms with E-state index in [4.69, 9.17) is 0 Å². The topological polar surface area (TPSA) is 98.8 Å². The van der Waals surface area contributed by atoms with Gasteiger partial charge in [-0.3, -0.25) is 29.0 Å². The number of carbonyl (C=O) groups is 4. The highest BCUT2D eigenvalue weighted by atomic mass is 19.4. The highest BCUT2D eigenvalue weighted by Gasteiger charge is 2.56. The van der Waals surface area contributed by atoms with Crippen LogP contribution in [-0.2, 0) is 15.8 Å². The maximum absolute atomic E-state index is 14.9. The first-order chi connectivity index (χ1) is 20.7. The van der Waals surface area contributed by atoms with Crippen LogP contribution in [-0.4, -0.2) is 67.0 Å². The van der Waals surface area contributed by atoms with E-state index in [1.807, 2.05) is 0 Å².